The number of carbonyl (C=O) groups excluding carboxylic acids is 2. The Labute approximate surface area is 218 Å². The van der Waals surface area contributed by atoms with Crippen molar-refractivity contribution in [2.45, 2.75) is 64.0 Å². The summed E-state index contributed by atoms with van der Waals surface area (Å²) < 4.78 is 17.0. The van der Waals surface area contributed by atoms with Gasteiger partial charge in [-0.15, -0.1) is 0 Å². The first-order valence-corrected chi connectivity index (χ1v) is 13.7. The molecule has 1 aromatic carbocycles. The minimum Gasteiger partial charge on any atom is -0.496 e. The average Bonchev–Trinajstić information content (AvgIpc) is 3.21. The van der Waals surface area contributed by atoms with Crippen LogP contribution in [0.3, 0.4) is 0 Å². The van der Waals surface area contributed by atoms with Gasteiger partial charge in [0.2, 0.25) is 17.2 Å². The number of benzene rings is 1. The summed E-state index contributed by atoms with van der Waals surface area (Å²) in [5.74, 6) is 0.337. The number of ether oxygens (including phenoxy) is 3. The summed E-state index contributed by atoms with van der Waals surface area (Å²) in [6, 6.07) is 2.21. The predicted octanol–water partition coefficient (Wildman–Crippen LogP) is 4.75. The highest BCUT2D eigenvalue weighted by Gasteiger charge is 2.60. The largest absolute Gasteiger partial charge is 0.496 e. The Balaban J connectivity index is 1.42. The fraction of sp³-hybridized carbons (Fsp3) is 0.643. The van der Waals surface area contributed by atoms with Gasteiger partial charge in [-0.3, -0.25) is 9.59 Å². The minimum atomic E-state index is -1.63. The number of hydrogen-bond donors (Lipinski definition) is 0. The molecule has 0 saturated carbocycles. The van der Waals surface area contributed by atoms with E-state index in [-0.39, 0.29) is 33.8 Å². The van der Waals surface area contributed by atoms with Crippen LogP contribution in [0.1, 0.15) is 62.7 Å². The Morgan fingerprint density at radius 3 is 2.58 bits per heavy atom. The van der Waals surface area contributed by atoms with Crippen molar-refractivity contribution in [2.75, 3.05) is 40.4 Å². The first kappa shape index (κ1) is 25.4. The lowest BCUT2D eigenvalue weighted by molar-refractivity contribution is -0.129. The second-order valence-electron chi connectivity index (χ2n) is 10.6. The summed E-state index contributed by atoms with van der Waals surface area (Å²) in [6.45, 7) is 8.27. The highest BCUT2D eigenvalue weighted by molar-refractivity contribution is 6.36. The Kier molecular flexibility index (Phi) is 6.98. The second kappa shape index (κ2) is 9.90. The van der Waals surface area contributed by atoms with Crippen LogP contribution >= 0.6 is 11.6 Å². The van der Waals surface area contributed by atoms with E-state index in [2.05, 4.69) is 16.7 Å². The van der Waals surface area contributed by atoms with Crippen LogP contribution < -0.4 is 14.2 Å². The van der Waals surface area contributed by atoms with Gasteiger partial charge in [0.25, 0.3) is 0 Å². The molecule has 0 amide bonds. The van der Waals surface area contributed by atoms with E-state index in [9.17, 15) is 9.59 Å². The molecule has 0 bridgehead atoms. The molecular weight excluding hydrogens is 480 g/mol. The third kappa shape index (κ3) is 3.90. The normalized spacial score (nSPS) is 29.9. The molecule has 36 heavy (non-hydrogen) atoms. The van der Waals surface area contributed by atoms with Crippen LogP contribution in [0.15, 0.2) is 17.8 Å². The third-order valence-electron chi connectivity index (χ3n) is 8.76. The maximum Gasteiger partial charge on any atom is 0.236 e. The highest BCUT2D eigenvalue weighted by atomic mass is 35.5. The monoisotopic (exact) mass is 516 g/mol. The highest BCUT2D eigenvalue weighted by Crippen LogP contribution is 2.53. The molecule has 7 nitrogen and oxygen atoms in total. The summed E-state index contributed by atoms with van der Waals surface area (Å²) in [5.41, 5.74) is -0.414. The van der Waals surface area contributed by atoms with Gasteiger partial charge in [-0.05, 0) is 58.0 Å². The second-order valence-corrected chi connectivity index (χ2v) is 11.0. The lowest BCUT2D eigenvalue weighted by atomic mass is 9.74. The number of Topliss-reactive ketones (excluding diaryl/α,β-unsaturated/α-hetero) is 1. The number of fused-ring (bicyclic) bond motifs is 2. The quantitative estimate of drug-likeness (QED) is 0.505. The van der Waals surface area contributed by atoms with E-state index in [4.69, 9.17) is 25.8 Å². The van der Waals surface area contributed by atoms with Crippen LogP contribution in [0.5, 0.6) is 17.2 Å². The summed E-state index contributed by atoms with van der Waals surface area (Å²) in [7, 11) is 2.96. The molecule has 3 heterocycles. The van der Waals surface area contributed by atoms with Gasteiger partial charge in [-0.25, -0.2) is 0 Å². The number of methoxy groups -OCH3 is 2. The molecule has 0 N–H and O–H groups in total. The Bertz CT molecular complexity index is 1090. The number of hydrogen-bond acceptors (Lipinski definition) is 7. The molecule has 4 atom stereocenters. The van der Waals surface area contributed by atoms with Crippen molar-refractivity contribution in [1.29, 1.82) is 0 Å². The summed E-state index contributed by atoms with van der Waals surface area (Å²) in [6.07, 6.45) is 8.58. The SMILES string of the molecule is CCN(C[C@@H]1CCCN2CCCC[C@H]12)C1=CC(=O)[C@@]2(Oc3c(Cl)c(OC)cc(OC)c3C2=O)[C@H](C)C1. The average molecular weight is 517 g/mol. The van der Waals surface area contributed by atoms with E-state index in [1.807, 2.05) is 6.92 Å². The van der Waals surface area contributed by atoms with Crippen molar-refractivity contribution in [2.24, 2.45) is 11.8 Å². The Hall–Kier alpha value is -2.25. The Morgan fingerprint density at radius 1 is 1.14 bits per heavy atom. The molecular formula is C28H37ClN2O5. The van der Waals surface area contributed by atoms with E-state index in [0.29, 0.717) is 29.9 Å². The van der Waals surface area contributed by atoms with Gasteiger partial charge in [-0.2, -0.15) is 0 Å². The number of ketones is 2. The fourth-order valence-corrected chi connectivity index (χ4v) is 7.11. The van der Waals surface area contributed by atoms with Crippen LogP contribution in [0, 0.1) is 11.8 Å². The van der Waals surface area contributed by atoms with Gasteiger partial charge in [0.15, 0.2) is 5.75 Å². The molecule has 196 valence electrons. The van der Waals surface area contributed by atoms with Crippen molar-refractivity contribution in [3.8, 4) is 17.2 Å². The lowest BCUT2D eigenvalue weighted by Gasteiger charge is -2.47. The number of halogens is 1. The molecule has 1 aliphatic carbocycles. The van der Waals surface area contributed by atoms with Crippen LogP contribution in [-0.2, 0) is 4.79 Å². The zero-order valence-corrected chi connectivity index (χ0v) is 22.5. The number of allylic oxidation sites excluding steroid dienone is 1. The van der Waals surface area contributed by atoms with Crippen molar-refractivity contribution in [3.63, 3.8) is 0 Å². The molecule has 4 aliphatic rings. The topological polar surface area (TPSA) is 68.3 Å². The smallest absolute Gasteiger partial charge is 0.236 e. The number of piperidine rings is 2. The molecule has 0 radical (unpaired) electrons. The molecule has 2 saturated heterocycles. The van der Waals surface area contributed by atoms with E-state index >= 15 is 0 Å². The molecule has 0 aromatic heterocycles. The van der Waals surface area contributed by atoms with Crippen LogP contribution in [-0.4, -0.2) is 73.4 Å². The van der Waals surface area contributed by atoms with Crippen LogP contribution in [0.2, 0.25) is 5.02 Å². The summed E-state index contributed by atoms with van der Waals surface area (Å²) in [4.78, 5) is 32.6. The standard InChI is InChI=1S/C28H37ClN2O5/c1-5-30(16-18-9-8-12-31-11-7-6-10-20(18)31)19-13-17(2)28(23(32)14-19)27(33)24-21(34-3)15-22(35-4)25(29)26(24)36-28/h14-15,17-18,20H,5-13,16H2,1-4H3/t17-,18+,20-,28+/m1/s1. The molecule has 0 unspecified atom stereocenters. The molecule has 1 spiro atoms. The molecule has 5 rings (SSSR count). The van der Waals surface area contributed by atoms with E-state index in [1.165, 1.54) is 59.4 Å². The van der Waals surface area contributed by atoms with Gasteiger partial charge in [0, 0.05) is 42.9 Å². The van der Waals surface area contributed by atoms with Crippen LogP contribution in [0.25, 0.3) is 0 Å². The van der Waals surface area contributed by atoms with Gasteiger partial charge in [0.05, 0.1) is 14.2 Å². The van der Waals surface area contributed by atoms with Crippen molar-refractivity contribution in [1.82, 2.24) is 9.80 Å². The van der Waals surface area contributed by atoms with Gasteiger partial charge in [0.1, 0.15) is 22.1 Å². The van der Waals surface area contributed by atoms with Gasteiger partial charge < -0.3 is 24.0 Å². The fourth-order valence-electron chi connectivity index (χ4n) is 6.85. The van der Waals surface area contributed by atoms with Crippen molar-refractivity contribution < 1.29 is 23.8 Å². The minimum absolute atomic E-state index is 0.168. The maximum atomic E-state index is 13.8. The summed E-state index contributed by atoms with van der Waals surface area (Å²) in [5, 5.41) is 0.179. The number of carbonyl (C=O) groups is 2. The zero-order chi connectivity index (χ0) is 25.6. The van der Waals surface area contributed by atoms with E-state index in [0.717, 1.165) is 18.8 Å². The van der Waals surface area contributed by atoms with Gasteiger partial charge >= 0.3 is 0 Å². The van der Waals surface area contributed by atoms with Crippen LogP contribution in [0.4, 0.5) is 0 Å². The van der Waals surface area contributed by atoms with Crippen molar-refractivity contribution >= 4 is 23.2 Å². The van der Waals surface area contributed by atoms with Gasteiger partial charge in [-0.1, -0.05) is 24.9 Å². The first-order valence-electron chi connectivity index (χ1n) is 13.3. The maximum absolute atomic E-state index is 13.8. The van der Waals surface area contributed by atoms with Crippen molar-refractivity contribution in [3.05, 3.63) is 28.4 Å². The molecule has 2 fully saturated rings. The Morgan fingerprint density at radius 2 is 1.89 bits per heavy atom. The van der Waals surface area contributed by atoms with E-state index < -0.39 is 5.60 Å². The zero-order valence-electron chi connectivity index (χ0n) is 21.8. The summed E-state index contributed by atoms with van der Waals surface area (Å²) >= 11 is 6.52. The molecule has 1 aromatic rings. The van der Waals surface area contributed by atoms with E-state index in [1.54, 1.807) is 12.1 Å². The third-order valence-corrected chi connectivity index (χ3v) is 9.12. The lowest BCUT2D eigenvalue weighted by Crippen LogP contribution is -2.56. The first-order chi connectivity index (χ1) is 17.3. The molecule has 3 aliphatic heterocycles. The predicted molar refractivity (Wildman–Crippen MR) is 138 cm³/mol. The molecule has 8 heteroatoms. The number of rotatable bonds is 6. The number of nitrogens with zero attached hydrogens (tertiary/aromatic N) is 2.